The summed E-state index contributed by atoms with van der Waals surface area (Å²) in [5.41, 5.74) is -0.134. The van der Waals surface area contributed by atoms with E-state index in [9.17, 15) is 0 Å². The van der Waals surface area contributed by atoms with Crippen LogP contribution in [-0.2, 0) is 14.2 Å². The van der Waals surface area contributed by atoms with Gasteiger partial charge in [0.25, 0.3) is 9.76 Å². The van der Waals surface area contributed by atoms with Gasteiger partial charge in [-0.15, -0.1) is 6.58 Å². The van der Waals surface area contributed by atoms with Gasteiger partial charge < -0.3 is 4.43 Å². The summed E-state index contributed by atoms with van der Waals surface area (Å²) < 4.78 is 4.84. The number of hydrogen-bond acceptors (Lipinski definition) is 3. The van der Waals surface area contributed by atoms with Crippen molar-refractivity contribution in [1.82, 2.24) is 0 Å². The van der Waals surface area contributed by atoms with Crippen LogP contribution in [0.25, 0.3) is 0 Å². The van der Waals surface area contributed by atoms with Crippen LogP contribution in [0.1, 0.15) is 6.92 Å². The highest BCUT2D eigenvalue weighted by Crippen LogP contribution is 1.91. The van der Waals surface area contributed by atoms with E-state index in [0.717, 1.165) is 0 Å². The van der Waals surface area contributed by atoms with E-state index >= 15 is 0 Å². The summed E-state index contributed by atoms with van der Waals surface area (Å²) in [6, 6.07) is 0. The summed E-state index contributed by atoms with van der Waals surface area (Å²) in [6.07, 6.45) is 1.65. The molecule has 0 bridgehead atoms. The average Bonchev–Trinajstić information content (AvgIpc) is 1.98. The summed E-state index contributed by atoms with van der Waals surface area (Å²) in [5, 5.41) is 0. The SMILES string of the molecule is C=CC(OOCC)[Si]OC. The Kier molecular flexibility index (Phi) is 6.84. The lowest BCUT2D eigenvalue weighted by Gasteiger charge is -2.07. The van der Waals surface area contributed by atoms with E-state index in [1.807, 2.05) is 6.92 Å². The predicted molar refractivity (Wildman–Crippen MR) is 39.5 cm³/mol. The topological polar surface area (TPSA) is 27.7 Å². The lowest BCUT2D eigenvalue weighted by atomic mass is 10.7. The molecule has 4 heteroatoms. The second-order valence-corrected chi connectivity index (χ2v) is 2.69. The van der Waals surface area contributed by atoms with Gasteiger partial charge in [-0.25, -0.2) is 9.78 Å². The van der Waals surface area contributed by atoms with Crippen molar-refractivity contribution in [2.45, 2.75) is 12.7 Å². The van der Waals surface area contributed by atoms with Crippen LogP contribution in [0, 0.1) is 0 Å². The second-order valence-electron chi connectivity index (χ2n) is 1.48. The largest absolute Gasteiger partial charge is 0.417 e. The van der Waals surface area contributed by atoms with Gasteiger partial charge in [0.05, 0.1) is 6.61 Å². The van der Waals surface area contributed by atoms with Gasteiger partial charge in [0, 0.05) is 7.11 Å². The van der Waals surface area contributed by atoms with Crippen LogP contribution >= 0.6 is 0 Å². The molecule has 3 nitrogen and oxygen atoms in total. The van der Waals surface area contributed by atoms with Gasteiger partial charge >= 0.3 is 0 Å². The van der Waals surface area contributed by atoms with Gasteiger partial charge in [0.15, 0.2) is 0 Å². The Morgan fingerprint density at radius 1 is 1.70 bits per heavy atom. The van der Waals surface area contributed by atoms with Gasteiger partial charge in [-0.3, -0.25) is 0 Å². The lowest BCUT2D eigenvalue weighted by Crippen LogP contribution is -2.19. The van der Waals surface area contributed by atoms with Gasteiger partial charge in [0.1, 0.15) is 5.73 Å². The molecular weight excluding hydrogens is 148 g/mol. The van der Waals surface area contributed by atoms with Crippen molar-refractivity contribution in [3.05, 3.63) is 12.7 Å². The highest BCUT2D eigenvalue weighted by molar-refractivity contribution is 6.29. The van der Waals surface area contributed by atoms with Crippen LogP contribution in [0.15, 0.2) is 12.7 Å². The molecule has 10 heavy (non-hydrogen) atoms. The van der Waals surface area contributed by atoms with Crippen LogP contribution < -0.4 is 0 Å². The fourth-order valence-electron chi connectivity index (χ4n) is 0.365. The molecule has 0 aliphatic carbocycles. The Morgan fingerprint density at radius 3 is 2.80 bits per heavy atom. The first-order valence-corrected chi connectivity index (χ1v) is 4.03. The lowest BCUT2D eigenvalue weighted by molar-refractivity contribution is -0.296. The minimum absolute atomic E-state index is 0.134. The van der Waals surface area contributed by atoms with Crippen molar-refractivity contribution in [2.75, 3.05) is 13.7 Å². The maximum Gasteiger partial charge on any atom is 0.270 e. The molecular formula is C6H12O3Si. The Balaban J connectivity index is 3.29. The van der Waals surface area contributed by atoms with Crippen molar-refractivity contribution in [2.24, 2.45) is 0 Å². The highest BCUT2D eigenvalue weighted by atomic mass is 28.2. The highest BCUT2D eigenvalue weighted by Gasteiger charge is 2.05. The predicted octanol–water partition coefficient (Wildman–Crippen LogP) is 0.732. The summed E-state index contributed by atoms with van der Waals surface area (Å²) in [7, 11) is 1.87. The molecule has 0 aliphatic heterocycles. The van der Waals surface area contributed by atoms with E-state index in [0.29, 0.717) is 6.61 Å². The van der Waals surface area contributed by atoms with Crippen molar-refractivity contribution >= 4 is 9.76 Å². The molecule has 0 rings (SSSR count). The van der Waals surface area contributed by atoms with Crippen molar-refractivity contribution in [1.29, 1.82) is 0 Å². The molecule has 1 unspecified atom stereocenters. The summed E-state index contributed by atoms with van der Waals surface area (Å²) in [6.45, 7) is 5.95. The van der Waals surface area contributed by atoms with Crippen LogP contribution in [-0.4, -0.2) is 29.2 Å². The second kappa shape index (κ2) is 6.95. The molecule has 0 N–H and O–H groups in total. The third kappa shape index (κ3) is 4.69. The first-order valence-electron chi connectivity index (χ1n) is 3.04. The van der Waals surface area contributed by atoms with Crippen LogP contribution in [0.3, 0.4) is 0 Å². The van der Waals surface area contributed by atoms with Gasteiger partial charge in [-0.05, 0) is 6.92 Å². The summed E-state index contributed by atoms with van der Waals surface area (Å²) >= 11 is 0. The Hall–Kier alpha value is -0.163. The molecule has 58 valence electrons. The standard InChI is InChI=1S/C6H12O3Si/c1-4-6(10-7-3)9-8-5-2/h4,6H,1,5H2,2-3H3. The molecule has 0 fully saturated rings. The number of rotatable bonds is 6. The normalized spacial score (nSPS) is 13.0. The van der Waals surface area contributed by atoms with Gasteiger partial charge in [0.2, 0.25) is 0 Å². The van der Waals surface area contributed by atoms with Crippen molar-refractivity contribution in [3.8, 4) is 0 Å². The molecule has 0 saturated carbocycles. The Morgan fingerprint density at radius 2 is 2.40 bits per heavy atom. The smallest absolute Gasteiger partial charge is 0.270 e. The third-order valence-electron chi connectivity index (χ3n) is 0.738. The molecule has 2 radical (unpaired) electrons. The molecule has 0 aromatic rings. The summed E-state index contributed by atoms with van der Waals surface area (Å²) in [4.78, 5) is 9.54. The van der Waals surface area contributed by atoms with Crippen LogP contribution in [0.5, 0.6) is 0 Å². The van der Waals surface area contributed by atoms with E-state index < -0.39 is 0 Å². The summed E-state index contributed by atoms with van der Waals surface area (Å²) in [5.74, 6) is 0. The molecule has 0 amide bonds. The number of hydrogen-bond donors (Lipinski definition) is 0. The molecule has 0 heterocycles. The Bertz CT molecular complexity index is 87.1. The zero-order valence-electron chi connectivity index (χ0n) is 6.29. The van der Waals surface area contributed by atoms with Crippen LogP contribution in [0.2, 0.25) is 0 Å². The molecule has 1 atom stereocenters. The first-order chi connectivity index (χ1) is 4.85. The van der Waals surface area contributed by atoms with Gasteiger partial charge in [-0.1, -0.05) is 6.08 Å². The van der Waals surface area contributed by atoms with Gasteiger partial charge in [-0.2, -0.15) is 0 Å². The minimum atomic E-state index is -0.134. The van der Waals surface area contributed by atoms with Crippen molar-refractivity contribution in [3.63, 3.8) is 0 Å². The minimum Gasteiger partial charge on any atom is -0.417 e. The monoisotopic (exact) mass is 160 g/mol. The average molecular weight is 160 g/mol. The zero-order chi connectivity index (χ0) is 7.82. The van der Waals surface area contributed by atoms with E-state index in [1.54, 1.807) is 13.2 Å². The molecule has 0 aromatic heterocycles. The molecule has 0 aliphatic rings. The third-order valence-corrected chi connectivity index (χ3v) is 1.54. The molecule has 0 spiro atoms. The first kappa shape index (κ1) is 9.84. The van der Waals surface area contributed by atoms with Crippen LogP contribution in [0.4, 0.5) is 0 Å². The van der Waals surface area contributed by atoms with E-state index in [1.165, 1.54) is 0 Å². The fourth-order valence-corrected chi connectivity index (χ4v) is 0.800. The van der Waals surface area contributed by atoms with E-state index in [2.05, 4.69) is 6.58 Å². The Labute approximate surface area is 63.8 Å². The fraction of sp³-hybridized carbons (Fsp3) is 0.667. The quantitative estimate of drug-likeness (QED) is 0.248. The zero-order valence-corrected chi connectivity index (χ0v) is 7.29. The van der Waals surface area contributed by atoms with E-state index in [4.69, 9.17) is 14.2 Å². The maximum atomic E-state index is 4.85. The molecule has 0 aromatic carbocycles. The van der Waals surface area contributed by atoms with E-state index in [-0.39, 0.29) is 15.5 Å². The molecule has 0 saturated heterocycles. The maximum absolute atomic E-state index is 4.85. The van der Waals surface area contributed by atoms with Crippen molar-refractivity contribution < 1.29 is 14.2 Å².